The van der Waals surface area contributed by atoms with E-state index in [9.17, 15) is 0 Å². The van der Waals surface area contributed by atoms with Crippen molar-refractivity contribution in [2.75, 3.05) is 0 Å². The van der Waals surface area contributed by atoms with Gasteiger partial charge in [0.15, 0.2) is 0 Å². The Morgan fingerprint density at radius 2 is 1.73 bits per heavy atom. The molecule has 0 nitrogen and oxygen atoms in total. The lowest BCUT2D eigenvalue weighted by atomic mass is 9.40. The molecule has 1 unspecified atom stereocenters. The number of hydrogen-bond donors (Lipinski definition) is 0. The Morgan fingerprint density at radius 3 is 2.09 bits per heavy atom. The maximum Gasteiger partial charge on any atom is -0.0235 e. The predicted molar refractivity (Wildman–Crippen MR) is 46.2 cm³/mol. The molecule has 3 fully saturated rings. The molecule has 3 aliphatic carbocycles. The van der Waals surface area contributed by atoms with Crippen LogP contribution in [0.2, 0.25) is 0 Å². The van der Waals surface area contributed by atoms with Crippen LogP contribution in [-0.2, 0) is 0 Å². The molecule has 0 N–H and O–H groups in total. The second-order valence-electron chi connectivity index (χ2n) is 5.74. The fraction of sp³-hybridized carbons (Fsp3) is 1.00. The highest BCUT2D eigenvalue weighted by Crippen LogP contribution is 2.80. The lowest BCUT2D eigenvalue weighted by molar-refractivity contribution is -0.166. The first-order valence-corrected chi connectivity index (χ1v) is 5.08. The van der Waals surface area contributed by atoms with Crippen LogP contribution in [0.25, 0.3) is 0 Å². The molecule has 0 aromatic rings. The molecule has 3 aliphatic rings. The lowest BCUT2D eigenvalue weighted by Gasteiger charge is -2.65. The van der Waals surface area contributed by atoms with Gasteiger partial charge in [0, 0.05) is 0 Å². The topological polar surface area (TPSA) is 0 Å². The van der Waals surface area contributed by atoms with Gasteiger partial charge in [-0.25, -0.2) is 0 Å². The molecule has 11 heavy (non-hydrogen) atoms. The highest BCUT2D eigenvalue weighted by atomic mass is 14.8. The van der Waals surface area contributed by atoms with E-state index in [-0.39, 0.29) is 0 Å². The van der Waals surface area contributed by atoms with Crippen LogP contribution in [0.5, 0.6) is 0 Å². The van der Waals surface area contributed by atoms with Gasteiger partial charge in [-0.3, -0.25) is 0 Å². The van der Waals surface area contributed by atoms with E-state index in [2.05, 4.69) is 20.8 Å². The van der Waals surface area contributed by atoms with Gasteiger partial charge < -0.3 is 0 Å². The molecule has 2 bridgehead atoms. The molecule has 0 saturated heterocycles. The maximum absolute atomic E-state index is 2.55. The first-order chi connectivity index (χ1) is 5.08. The monoisotopic (exact) mass is 150 g/mol. The van der Waals surface area contributed by atoms with Crippen LogP contribution in [0.15, 0.2) is 0 Å². The van der Waals surface area contributed by atoms with E-state index in [1.807, 2.05) is 0 Å². The fourth-order valence-electron chi connectivity index (χ4n) is 4.91. The largest absolute Gasteiger partial charge is 0.0617 e. The molecule has 0 heteroatoms. The summed E-state index contributed by atoms with van der Waals surface area (Å²) < 4.78 is 0. The summed E-state index contributed by atoms with van der Waals surface area (Å²) in [6.45, 7) is 7.56. The second kappa shape index (κ2) is 1.41. The van der Waals surface area contributed by atoms with Gasteiger partial charge in [-0.2, -0.15) is 0 Å². The Kier molecular flexibility index (Phi) is 0.832. The molecule has 3 saturated carbocycles. The predicted octanol–water partition coefficient (Wildman–Crippen LogP) is 3.08. The highest BCUT2D eigenvalue weighted by molar-refractivity contribution is 5.21. The normalized spacial score (nSPS) is 71.7. The minimum absolute atomic E-state index is 0.751. The van der Waals surface area contributed by atoms with Crippen LogP contribution in [0.4, 0.5) is 0 Å². The zero-order valence-corrected chi connectivity index (χ0v) is 7.85. The summed E-state index contributed by atoms with van der Waals surface area (Å²) in [6.07, 6.45) is 4.66. The molecule has 0 radical (unpaired) electrons. The summed E-state index contributed by atoms with van der Waals surface area (Å²) in [6, 6.07) is 0. The van der Waals surface area contributed by atoms with Gasteiger partial charge in [-0.15, -0.1) is 0 Å². The van der Waals surface area contributed by atoms with E-state index in [4.69, 9.17) is 0 Å². The van der Waals surface area contributed by atoms with Gasteiger partial charge in [0.25, 0.3) is 0 Å². The standard InChI is InChI=1S/C11H18/c1-7-9-4-8-5-10(7,2)11(9,3)6-8/h7-9H,4-6H2,1-3H3/t7-,8+,9-,10-,11?/m0/s1. The minimum Gasteiger partial charge on any atom is -0.0617 e. The summed E-state index contributed by atoms with van der Waals surface area (Å²) in [5.41, 5.74) is 1.53. The molecule has 5 atom stereocenters. The van der Waals surface area contributed by atoms with E-state index >= 15 is 0 Å². The highest BCUT2D eigenvalue weighted by Gasteiger charge is 2.72. The summed E-state index contributed by atoms with van der Waals surface area (Å²) in [5, 5.41) is 0. The Balaban J connectivity index is 2.10. The average molecular weight is 150 g/mol. The smallest absolute Gasteiger partial charge is 0.0235 e. The van der Waals surface area contributed by atoms with Crippen molar-refractivity contribution in [2.45, 2.75) is 40.0 Å². The van der Waals surface area contributed by atoms with Crippen LogP contribution in [0.3, 0.4) is 0 Å². The Labute approximate surface area is 69.4 Å². The van der Waals surface area contributed by atoms with Crippen molar-refractivity contribution < 1.29 is 0 Å². The molecule has 62 valence electrons. The fourth-order valence-corrected chi connectivity index (χ4v) is 4.91. The third-order valence-corrected chi connectivity index (χ3v) is 5.74. The second-order valence-corrected chi connectivity index (χ2v) is 5.74. The van der Waals surface area contributed by atoms with E-state index in [0.29, 0.717) is 0 Å². The lowest BCUT2D eigenvalue weighted by Crippen LogP contribution is -2.58. The molecule has 3 rings (SSSR count). The van der Waals surface area contributed by atoms with E-state index < -0.39 is 0 Å². The van der Waals surface area contributed by atoms with Crippen LogP contribution in [-0.4, -0.2) is 0 Å². The van der Waals surface area contributed by atoms with Crippen molar-refractivity contribution in [3.05, 3.63) is 0 Å². The molecular weight excluding hydrogens is 132 g/mol. The quantitative estimate of drug-likeness (QED) is 0.498. The van der Waals surface area contributed by atoms with E-state index in [0.717, 1.165) is 28.6 Å². The van der Waals surface area contributed by atoms with Gasteiger partial charge in [0.2, 0.25) is 0 Å². The summed E-state index contributed by atoms with van der Waals surface area (Å²) in [7, 11) is 0. The molecule has 0 amide bonds. The van der Waals surface area contributed by atoms with Crippen molar-refractivity contribution in [3.63, 3.8) is 0 Å². The average Bonchev–Trinajstić information content (AvgIpc) is 2.34. The van der Waals surface area contributed by atoms with Crippen LogP contribution < -0.4 is 0 Å². The first-order valence-electron chi connectivity index (χ1n) is 5.08. The molecule has 0 aromatic carbocycles. The molecule has 0 spiro atoms. The van der Waals surface area contributed by atoms with Crippen LogP contribution >= 0.6 is 0 Å². The third kappa shape index (κ3) is 0.421. The van der Waals surface area contributed by atoms with Gasteiger partial charge >= 0.3 is 0 Å². The maximum atomic E-state index is 2.55. The van der Waals surface area contributed by atoms with Crippen LogP contribution in [0.1, 0.15) is 40.0 Å². The summed E-state index contributed by atoms with van der Waals surface area (Å²) in [4.78, 5) is 0. The van der Waals surface area contributed by atoms with Crippen molar-refractivity contribution in [3.8, 4) is 0 Å². The molecule has 0 aromatic heterocycles. The SMILES string of the molecule is C[C@H]1[C@@H]2C[C@H]3CC2(C)[C@@]1(C)C3. The van der Waals surface area contributed by atoms with Gasteiger partial charge in [-0.1, -0.05) is 20.8 Å². The van der Waals surface area contributed by atoms with E-state index in [1.54, 1.807) is 19.3 Å². The van der Waals surface area contributed by atoms with Gasteiger partial charge in [-0.05, 0) is 47.8 Å². The number of hydrogen-bond acceptors (Lipinski definition) is 0. The Morgan fingerprint density at radius 1 is 1.09 bits per heavy atom. The summed E-state index contributed by atoms with van der Waals surface area (Å²) >= 11 is 0. The van der Waals surface area contributed by atoms with Crippen molar-refractivity contribution >= 4 is 0 Å². The Hall–Kier alpha value is 0. The molecule has 0 heterocycles. The van der Waals surface area contributed by atoms with Crippen molar-refractivity contribution in [1.82, 2.24) is 0 Å². The minimum atomic E-state index is 0.751. The number of fused-ring (bicyclic) bond motifs is 1. The number of rotatable bonds is 0. The zero-order valence-electron chi connectivity index (χ0n) is 7.85. The van der Waals surface area contributed by atoms with Crippen LogP contribution in [0, 0.1) is 28.6 Å². The molecular formula is C11H18. The molecule has 0 aliphatic heterocycles. The first kappa shape index (κ1) is 6.51. The van der Waals surface area contributed by atoms with Gasteiger partial charge in [0.1, 0.15) is 0 Å². The van der Waals surface area contributed by atoms with Crippen molar-refractivity contribution in [2.24, 2.45) is 28.6 Å². The van der Waals surface area contributed by atoms with Crippen molar-refractivity contribution in [1.29, 1.82) is 0 Å². The zero-order chi connectivity index (χ0) is 7.85. The summed E-state index contributed by atoms with van der Waals surface area (Å²) in [5.74, 6) is 3.25. The third-order valence-electron chi connectivity index (χ3n) is 5.74. The Bertz CT molecular complexity index is 218. The van der Waals surface area contributed by atoms with Gasteiger partial charge in [0.05, 0.1) is 0 Å². The van der Waals surface area contributed by atoms with E-state index in [1.165, 1.54) is 0 Å².